The second-order valence-corrected chi connectivity index (χ2v) is 6.21. The molecule has 0 saturated carbocycles. The maximum absolute atomic E-state index is 12.7. The number of rotatable bonds is 5. The van der Waals surface area contributed by atoms with E-state index in [0.717, 1.165) is 17.7 Å². The number of benzene rings is 2. The van der Waals surface area contributed by atoms with E-state index < -0.39 is 22.8 Å². The average molecular weight is 377 g/mol. The van der Waals surface area contributed by atoms with Crippen LogP contribution in [0.2, 0.25) is 0 Å². The Kier molecular flexibility index (Phi) is 5.60. The van der Waals surface area contributed by atoms with E-state index in [-0.39, 0.29) is 5.56 Å². The minimum atomic E-state index is -0.797. The summed E-state index contributed by atoms with van der Waals surface area (Å²) < 4.78 is 5.82. The lowest BCUT2D eigenvalue weighted by molar-refractivity contribution is 0.102. The third kappa shape index (κ3) is 4.29. The number of carbonyl (C=O) groups excluding carboxylic acids is 1. The van der Waals surface area contributed by atoms with Gasteiger partial charge in [-0.15, -0.1) is 0 Å². The van der Waals surface area contributed by atoms with Gasteiger partial charge in [-0.1, -0.05) is 42.5 Å². The Labute approximate surface area is 161 Å². The fraction of sp³-hybridized carbons (Fsp3) is 0.0909. The van der Waals surface area contributed by atoms with E-state index in [1.807, 2.05) is 30.3 Å². The molecule has 3 aromatic carbocycles. The van der Waals surface area contributed by atoms with Crippen LogP contribution in [0.3, 0.4) is 0 Å². The number of para-hydroxylation sites is 2. The lowest BCUT2D eigenvalue weighted by Gasteiger charge is -2.13. The lowest BCUT2D eigenvalue weighted by Crippen LogP contribution is -2.14. The first-order valence-electron chi connectivity index (χ1n) is 8.59. The van der Waals surface area contributed by atoms with Gasteiger partial charge in [0.25, 0.3) is 5.91 Å². The summed E-state index contributed by atoms with van der Waals surface area (Å²) in [7, 11) is 0. The maximum atomic E-state index is 12.7. The van der Waals surface area contributed by atoms with Gasteiger partial charge in [0, 0.05) is 5.56 Å². The highest BCUT2D eigenvalue weighted by atomic mass is 16.5. The Morgan fingerprint density at radius 2 is 1.68 bits per heavy atom. The van der Waals surface area contributed by atoms with Crippen molar-refractivity contribution in [3.8, 4) is 17.2 Å². The highest BCUT2D eigenvalue weighted by Crippen LogP contribution is 2.27. The minimum absolute atomic E-state index is 0.0627. The highest BCUT2D eigenvalue weighted by molar-refractivity contribution is 6.06. The van der Waals surface area contributed by atoms with E-state index in [1.54, 1.807) is 31.2 Å². The number of aromatic hydroxyl groups is 2. The first-order valence-corrected chi connectivity index (χ1v) is 8.59. The summed E-state index contributed by atoms with van der Waals surface area (Å²) in [6.07, 6.45) is 0. The molecule has 0 spiro atoms. The molecule has 0 aliphatic rings. The SMILES string of the molecule is Cc1cc(=O)c(O)c(O)cc1C(=O)Nc1ccccc1OCc1ccccc1. The molecule has 0 atom stereocenters. The van der Waals surface area contributed by atoms with Crippen LogP contribution >= 0.6 is 0 Å². The summed E-state index contributed by atoms with van der Waals surface area (Å²) in [6, 6.07) is 18.7. The number of amides is 1. The van der Waals surface area contributed by atoms with Crippen LogP contribution in [0, 0.1) is 6.92 Å². The molecule has 0 bridgehead atoms. The zero-order chi connectivity index (χ0) is 20.1. The number of anilines is 1. The van der Waals surface area contributed by atoms with Crippen molar-refractivity contribution in [2.24, 2.45) is 0 Å². The molecular formula is C22H19NO5. The van der Waals surface area contributed by atoms with Crippen molar-refractivity contribution in [2.45, 2.75) is 13.5 Å². The normalized spacial score (nSPS) is 10.3. The quantitative estimate of drug-likeness (QED) is 0.631. The smallest absolute Gasteiger partial charge is 0.256 e. The maximum Gasteiger partial charge on any atom is 0.256 e. The number of nitrogens with one attached hydrogen (secondary N) is 1. The highest BCUT2D eigenvalue weighted by Gasteiger charge is 2.15. The van der Waals surface area contributed by atoms with Crippen LogP contribution in [0.5, 0.6) is 17.2 Å². The summed E-state index contributed by atoms with van der Waals surface area (Å²) in [5.74, 6) is -1.52. The minimum Gasteiger partial charge on any atom is -0.504 e. The Hall–Kier alpha value is -3.80. The molecule has 0 radical (unpaired) electrons. The van der Waals surface area contributed by atoms with Gasteiger partial charge in [0.05, 0.1) is 5.69 Å². The van der Waals surface area contributed by atoms with Crippen molar-refractivity contribution < 1.29 is 19.7 Å². The molecule has 0 fully saturated rings. The van der Waals surface area contributed by atoms with Crippen molar-refractivity contribution in [1.82, 2.24) is 0 Å². The van der Waals surface area contributed by atoms with E-state index >= 15 is 0 Å². The van der Waals surface area contributed by atoms with Crippen molar-refractivity contribution in [3.63, 3.8) is 0 Å². The summed E-state index contributed by atoms with van der Waals surface area (Å²) in [6.45, 7) is 1.88. The third-order valence-corrected chi connectivity index (χ3v) is 4.15. The molecule has 0 aliphatic heterocycles. The molecule has 3 aromatic rings. The predicted molar refractivity (Wildman–Crippen MR) is 106 cm³/mol. The van der Waals surface area contributed by atoms with E-state index in [2.05, 4.69) is 5.32 Å². The van der Waals surface area contributed by atoms with Gasteiger partial charge in [0.1, 0.15) is 12.4 Å². The lowest BCUT2D eigenvalue weighted by atomic mass is 10.1. The molecular weight excluding hydrogens is 358 g/mol. The van der Waals surface area contributed by atoms with Crippen LogP contribution in [0.4, 0.5) is 5.69 Å². The summed E-state index contributed by atoms with van der Waals surface area (Å²) in [5.41, 5.74) is 1.05. The van der Waals surface area contributed by atoms with Gasteiger partial charge in [-0.05, 0) is 42.3 Å². The van der Waals surface area contributed by atoms with Gasteiger partial charge in [0.15, 0.2) is 5.75 Å². The molecule has 0 aliphatic carbocycles. The average Bonchev–Trinajstić information content (AvgIpc) is 2.79. The second-order valence-electron chi connectivity index (χ2n) is 6.21. The first kappa shape index (κ1) is 19.0. The molecule has 3 N–H and O–H groups in total. The summed E-state index contributed by atoms with van der Waals surface area (Å²) in [5, 5.41) is 22.1. The van der Waals surface area contributed by atoms with Crippen molar-refractivity contribution in [3.05, 3.63) is 93.6 Å². The molecule has 28 heavy (non-hydrogen) atoms. The Morgan fingerprint density at radius 3 is 2.43 bits per heavy atom. The van der Waals surface area contributed by atoms with Gasteiger partial charge < -0.3 is 20.3 Å². The Balaban J connectivity index is 1.85. The van der Waals surface area contributed by atoms with E-state index in [9.17, 15) is 19.8 Å². The molecule has 142 valence electrons. The van der Waals surface area contributed by atoms with E-state index in [0.29, 0.717) is 23.6 Å². The molecule has 6 heteroatoms. The zero-order valence-corrected chi connectivity index (χ0v) is 15.2. The van der Waals surface area contributed by atoms with Crippen LogP contribution in [0.15, 0.2) is 71.5 Å². The zero-order valence-electron chi connectivity index (χ0n) is 15.2. The standard InChI is InChI=1S/C22H19NO5/c1-14-11-18(24)21(26)19(25)12-16(14)22(27)23-17-9-5-6-10-20(17)28-13-15-7-3-2-4-8-15/h2-12H,13H2,1H3,(H,23,27)(H2,24,25,26). The molecule has 0 unspecified atom stereocenters. The van der Waals surface area contributed by atoms with Gasteiger partial charge in [0.2, 0.25) is 11.2 Å². The number of carbonyl (C=O) groups is 1. The third-order valence-electron chi connectivity index (χ3n) is 4.15. The fourth-order valence-corrected chi connectivity index (χ4v) is 2.65. The van der Waals surface area contributed by atoms with Crippen molar-refractivity contribution in [2.75, 3.05) is 5.32 Å². The second kappa shape index (κ2) is 8.26. The fourth-order valence-electron chi connectivity index (χ4n) is 2.65. The number of aryl methyl sites for hydroxylation is 1. The molecule has 0 saturated heterocycles. The summed E-state index contributed by atoms with van der Waals surface area (Å²) >= 11 is 0. The van der Waals surface area contributed by atoms with Gasteiger partial charge in [-0.25, -0.2) is 0 Å². The molecule has 1 amide bonds. The molecule has 0 heterocycles. The van der Waals surface area contributed by atoms with Gasteiger partial charge in [-0.3, -0.25) is 9.59 Å². The number of hydrogen-bond acceptors (Lipinski definition) is 5. The Morgan fingerprint density at radius 1 is 1.00 bits per heavy atom. The van der Waals surface area contributed by atoms with Crippen molar-refractivity contribution >= 4 is 11.6 Å². The Bertz CT molecular complexity index is 1060. The predicted octanol–water partition coefficient (Wildman–Crippen LogP) is 3.60. The van der Waals surface area contributed by atoms with E-state index in [4.69, 9.17) is 4.74 Å². The molecule has 0 aromatic heterocycles. The van der Waals surface area contributed by atoms with Gasteiger partial charge >= 0.3 is 0 Å². The van der Waals surface area contributed by atoms with Crippen molar-refractivity contribution in [1.29, 1.82) is 0 Å². The largest absolute Gasteiger partial charge is 0.504 e. The van der Waals surface area contributed by atoms with Gasteiger partial charge in [-0.2, -0.15) is 0 Å². The van der Waals surface area contributed by atoms with Crippen LogP contribution < -0.4 is 15.5 Å². The van der Waals surface area contributed by atoms with E-state index in [1.165, 1.54) is 0 Å². The monoisotopic (exact) mass is 377 g/mol. The molecule has 3 rings (SSSR count). The number of hydrogen-bond donors (Lipinski definition) is 3. The van der Waals surface area contributed by atoms with Crippen LogP contribution in [-0.2, 0) is 6.61 Å². The molecule has 6 nitrogen and oxygen atoms in total. The van der Waals surface area contributed by atoms with Crippen LogP contribution in [0.25, 0.3) is 0 Å². The topological polar surface area (TPSA) is 95.9 Å². The summed E-state index contributed by atoms with van der Waals surface area (Å²) in [4.78, 5) is 24.4. The van der Waals surface area contributed by atoms with Crippen LogP contribution in [0.1, 0.15) is 21.5 Å². The first-order chi connectivity index (χ1) is 13.5. The van der Waals surface area contributed by atoms with Crippen LogP contribution in [-0.4, -0.2) is 16.1 Å². The number of ether oxygens (including phenoxy) is 1.